The van der Waals surface area contributed by atoms with Gasteiger partial charge in [0.05, 0.1) is 5.69 Å². The first-order chi connectivity index (χ1) is 8.45. The highest BCUT2D eigenvalue weighted by Gasteiger charge is 2.26. The minimum Gasteiger partial charge on any atom is -0.325 e. The van der Waals surface area contributed by atoms with E-state index in [1.54, 1.807) is 18.2 Å². The molecule has 5 heteroatoms. The van der Waals surface area contributed by atoms with Crippen LogP contribution in [0.5, 0.6) is 0 Å². The van der Waals surface area contributed by atoms with E-state index in [1.165, 1.54) is 10.7 Å². The SMILES string of the molecule is CC(C)(C)c1c(CN)nnn1-c1ccccc1F. The zero-order valence-corrected chi connectivity index (χ0v) is 10.8. The van der Waals surface area contributed by atoms with Crippen LogP contribution in [0.3, 0.4) is 0 Å². The Labute approximate surface area is 106 Å². The molecule has 0 aliphatic rings. The van der Waals surface area contributed by atoms with Gasteiger partial charge in [-0.1, -0.05) is 38.1 Å². The lowest BCUT2D eigenvalue weighted by molar-refractivity contribution is 0.527. The van der Waals surface area contributed by atoms with Crippen molar-refractivity contribution in [2.75, 3.05) is 0 Å². The maximum absolute atomic E-state index is 13.8. The van der Waals surface area contributed by atoms with Crippen molar-refractivity contribution in [3.8, 4) is 5.69 Å². The van der Waals surface area contributed by atoms with Crippen molar-refractivity contribution < 1.29 is 4.39 Å². The molecule has 1 heterocycles. The average Bonchev–Trinajstić information content (AvgIpc) is 2.73. The fourth-order valence-corrected chi connectivity index (χ4v) is 1.99. The molecule has 2 rings (SSSR count). The number of rotatable bonds is 2. The molecular formula is C13H17FN4. The number of aromatic nitrogens is 3. The number of hydrogen-bond donors (Lipinski definition) is 1. The quantitative estimate of drug-likeness (QED) is 0.886. The summed E-state index contributed by atoms with van der Waals surface area (Å²) >= 11 is 0. The average molecular weight is 248 g/mol. The fourth-order valence-electron chi connectivity index (χ4n) is 1.99. The molecule has 0 bridgehead atoms. The number of halogens is 1. The summed E-state index contributed by atoms with van der Waals surface area (Å²) in [5.41, 5.74) is 7.40. The van der Waals surface area contributed by atoms with Crippen molar-refractivity contribution in [3.05, 3.63) is 41.5 Å². The molecule has 0 unspecified atom stereocenters. The van der Waals surface area contributed by atoms with Gasteiger partial charge in [0.2, 0.25) is 0 Å². The first kappa shape index (κ1) is 12.7. The van der Waals surface area contributed by atoms with Crippen molar-refractivity contribution >= 4 is 0 Å². The number of para-hydroxylation sites is 1. The maximum Gasteiger partial charge on any atom is 0.148 e. The topological polar surface area (TPSA) is 56.7 Å². The molecule has 18 heavy (non-hydrogen) atoms. The fraction of sp³-hybridized carbons (Fsp3) is 0.385. The van der Waals surface area contributed by atoms with Gasteiger partial charge in [0.15, 0.2) is 0 Å². The standard InChI is InChI=1S/C13H17FN4/c1-13(2,3)12-10(8-15)16-17-18(12)11-7-5-4-6-9(11)14/h4-7H,8,15H2,1-3H3. The molecule has 0 saturated heterocycles. The second-order valence-corrected chi connectivity index (χ2v) is 5.20. The Balaban J connectivity index is 2.66. The Morgan fingerprint density at radius 2 is 1.94 bits per heavy atom. The number of nitrogens with two attached hydrogens (primary N) is 1. The molecule has 0 aliphatic heterocycles. The molecule has 0 fully saturated rings. The summed E-state index contributed by atoms with van der Waals surface area (Å²) in [6, 6.07) is 6.51. The van der Waals surface area contributed by atoms with E-state index < -0.39 is 0 Å². The molecule has 0 amide bonds. The Bertz CT molecular complexity index is 554. The highest BCUT2D eigenvalue weighted by Crippen LogP contribution is 2.27. The van der Waals surface area contributed by atoms with Gasteiger partial charge in [-0.25, -0.2) is 9.07 Å². The lowest BCUT2D eigenvalue weighted by Crippen LogP contribution is -2.21. The molecule has 1 aromatic carbocycles. The highest BCUT2D eigenvalue weighted by atomic mass is 19.1. The second kappa shape index (κ2) is 4.49. The van der Waals surface area contributed by atoms with E-state index in [4.69, 9.17) is 5.73 Å². The molecule has 0 saturated carbocycles. The van der Waals surface area contributed by atoms with E-state index in [0.29, 0.717) is 17.9 Å². The van der Waals surface area contributed by atoms with Crippen molar-refractivity contribution in [1.82, 2.24) is 15.0 Å². The zero-order chi connectivity index (χ0) is 13.3. The van der Waals surface area contributed by atoms with Crippen molar-refractivity contribution in [2.45, 2.75) is 32.7 Å². The van der Waals surface area contributed by atoms with E-state index >= 15 is 0 Å². The maximum atomic E-state index is 13.8. The van der Waals surface area contributed by atoms with Gasteiger partial charge in [-0.3, -0.25) is 0 Å². The summed E-state index contributed by atoms with van der Waals surface area (Å²) in [6.07, 6.45) is 0. The van der Waals surface area contributed by atoms with Gasteiger partial charge in [0.25, 0.3) is 0 Å². The van der Waals surface area contributed by atoms with Gasteiger partial charge in [0.1, 0.15) is 17.2 Å². The summed E-state index contributed by atoms with van der Waals surface area (Å²) in [5.74, 6) is -0.323. The molecule has 1 aromatic heterocycles. The lowest BCUT2D eigenvalue weighted by atomic mass is 9.90. The monoisotopic (exact) mass is 248 g/mol. The van der Waals surface area contributed by atoms with E-state index in [-0.39, 0.29) is 11.2 Å². The summed E-state index contributed by atoms with van der Waals surface area (Å²) in [4.78, 5) is 0. The Morgan fingerprint density at radius 3 is 2.50 bits per heavy atom. The molecule has 4 nitrogen and oxygen atoms in total. The second-order valence-electron chi connectivity index (χ2n) is 5.20. The van der Waals surface area contributed by atoms with Crippen molar-refractivity contribution in [2.24, 2.45) is 5.73 Å². The third kappa shape index (κ3) is 2.13. The molecule has 0 spiro atoms. The van der Waals surface area contributed by atoms with Gasteiger partial charge in [-0.2, -0.15) is 0 Å². The predicted octanol–water partition coefficient (Wildman–Crippen LogP) is 2.16. The van der Waals surface area contributed by atoms with Gasteiger partial charge in [0, 0.05) is 12.0 Å². The summed E-state index contributed by atoms with van der Waals surface area (Å²) in [5, 5.41) is 8.07. The van der Waals surface area contributed by atoms with E-state index in [1.807, 2.05) is 20.8 Å². The normalized spacial score (nSPS) is 11.8. The van der Waals surface area contributed by atoms with E-state index in [0.717, 1.165) is 5.69 Å². The van der Waals surface area contributed by atoms with Gasteiger partial charge < -0.3 is 5.73 Å². The molecule has 96 valence electrons. The minimum absolute atomic E-state index is 0.208. The Hall–Kier alpha value is -1.75. The predicted molar refractivity (Wildman–Crippen MR) is 67.9 cm³/mol. The minimum atomic E-state index is -0.323. The third-order valence-electron chi connectivity index (χ3n) is 2.72. The van der Waals surface area contributed by atoms with E-state index in [2.05, 4.69) is 10.3 Å². The van der Waals surface area contributed by atoms with Crippen LogP contribution in [0.25, 0.3) is 5.69 Å². The van der Waals surface area contributed by atoms with Gasteiger partial charge in [-0.05, 0) is 12.1 Å². The summed E-state index contributed by atoms with van der Waals surface area (Å²) in [6.45, 7) is 6.38. The molecule has 2 aromatic rings. The van der Waals surface area contributed by atoms with Crippen LogP contribution in [0, 0.1) is 5.82 Å². The third-order valence-corrected chi connectivity index (χ3v) is 2.72. The number of benzene rings is 1. The molecule has 0 radical (unpaired) electrons. The zero-order valence-electron chi connectivity index (χ0n) is 10.8. The lowest BCUT2D eigenvalue weighted by Gasteiger charge is -2.21. The van der Waals surface area contributed by atoms with Crippen molar-refractivity contribution in [3.63, 3.8) is 0 Å². The first-order valence-corrected chi connectivity index (χ1v) is 5.85. The molecule has 0 atom stereocenters. The van der Waals surface area contributed by atoms with Gasteiger partial charge in [-0.15, -0.1) is 5.10 Å². The molecule has 0 aliphatic carbocycles. The summed E-state index contributed by atoms with van der Waals surface area (Å²) < 4.78 is 15.4. The van der Waals surface area contributed by atoms with Crippen LogP contribution in [0.15, 0.2) is 24.3 Å². The van der Waals surface area contributed by atoms with Crippen LogP contribution in [-0.2, 0) is 12.0 Å². The Kier molecular flexibility index (Phi) is 3.17. The van der Waals surface area contributed by atoms with Crippen LogP contribution in [0.2, 0.25) is 0 Å². The smallest absolute Gasteiger partial charge is 0.148 e. The molecular weight excluding hydrogens is 231 g/mol. The first-order valence-electron chi connectivity index (χ1n) is 5.85. The number of nitrogens with zero attached hydrogens (tertiary/aromatic N) is 3. The van der Waals surface area contributed by atoms with Crippen LogP contribution in [0.1, 0.15) is 32.2 Å². The summed E-state index contributed by atoms with van der Waals surface area (Å²) in [7, 11) is 0. The Morgan fingerprint density at radius 1 is 1.28 bits per heavy atom. The van der Waals surface area contributed by atoms with Crippen molar-refractivity contribution in [1.29, 1.82) is 0 Å². The number of hydrogen-bond acceptors (Lipinski definition) is 3. The van der Waals surface area contributed by atoms with Crippen LogP contribution in [-0.4, -0.2) is 15.0 Å². The van der Waals surface area contributed by atoms with Crippen LogP contribution in [0.4, 0.5) is 4.39 Å². The van der Waals surface area contributed by atoms with Crippen LogP contribution < -0.4 is 5.73 Å². The van der Waals surface area contributed by atoms with Gasteiger partial charge >= 0.3 is 0 Å². The highest BCUT2D eigenvalue weighted by molar-refractivity contribution is 5.36. The van der Waals surface area contributed by atoms with Crippen LogP contribution >= 0.6 is 0 Å². The largest absolute Gasteiger partial charge is 0.325 e. The molecule has 2 N–H and O–H groups in total. The van der Waals surface area contributed by atoms with E-state index in [9.17, 15) is 4.39 Å².